The second-order valence-corrected chi connectivity index (χ2v) is 4.44. The van der Waals surface area contributed by atoms with Gasteiger partial charge in [-0.1, -0.05) is 11.6 Å². The summed E-state index contributed by atoms with van der Waals surface area (Å²) in [6, 6.07) is 3.97. The Bertz CT molecular complexity index is 713. The summed E-state index contributed by atoms with van der Waals surface area (Å²) in [5.74, 6) is -0.570. The lowest BCUT2D eigenvalue weighted by atomic mass is 10.2. The fourth-order valence-corrected chi connectivity index (χ4v) is 1.90. The normalized spacial score (nSPS) is 10.4. The van der Waals surface area contributed by atoms with E-state index in [1.807, 2.05) is 0 Å². The number of ether oxygens (including phenoxy) is 1. The summed E-state index contributed by atoms with van der Waals surface area (Å²) < 4.78 is 5.94. The highest BCUT2D eigenvalue weighted by Crippen LogP contribution is 2.27. The molecule has 0 aliphatic heterocycles. The number of hydrogen-bond donors (Lipinski definition) is 0. The maximum atomic E-state index is 11.9. The van der Waals surface area contributed by atoms with E-state index < -0.39 is 10.9 Å². The highest BCUT2D eigenvalue weighted by molar-refractivity contribution is 6.30. The van der Waals surface area contributed by atoms with Crippen LogP contribution >= 0.6 is 11.6 Å². The first-order valence-electron chi connectivity index (χ1n) is 5.99. The molecule has 9 heteroatoms. The Labute approximate surface area is 124 Å². The highest BCUT2D eigenvalue weighted by Gasteiger charge is 2.24. The molecule has 0 N–H and O–H groups in total. The van der Waals surface area contributed by atoms with Gasteiger partial charge < -0.3 is 4.74 Å². The third-order valence-corrected chi connectivity index (χ3v) is 2.77. The summed E-state index contributed by atoms with van der Waals surface area (Å²) in [5, 5.41) is 15.4. The molecule has 0 atom stereocenters. The van der Waals surface area contributed by atoms with Crippen LogP contribution in [0.1, 0.15) is 23.4 Å². The monoisotopic (exact) mass is 310 g/mol. The minimum Gasteiger partial charge on any atom is -0.460 e. The molecule has 0 amide bonds. The molecule has 0 radical (unpaired) electrons. The Morgan fingerprint density at radius 2 is 2.24 bits per heavy atom. The van der Waals surface area contributed by atoms with Crippen molar-refractivity contribution in [2.75, 3.05) is 6.61 Å². The third kappa shape index (κ3) is 3.00. The molecule has 21 heavy (non-hydrogen) atoms. The van der Waals surface area contributed by atoms with E-state index in [9.17, 15) is 14.9 Å². The Kier molecular flexibility index (Phi) is 4.18. The van der Waals surface area contributed by atoms with Gasteiger partial charge in [0.05, 0.1) is 11.5 Å². The lowest BCUT2D eigenvalue weighted by Gasteiger charge is -2.06. The first kappa shape index (κ1) is 14.9. The van der Waals surface area contributed by atoms with Crippen LogP contribution in [0.4, 0.5) is 5.69 Å². The van der Waals surface area contributed by atoms with Crippen LogP contribution in [-0.2, 0) is 4.74 Å². The second-order valence-electron chi connectivity index (χ2n) is 4.01. The van der Waals surface area contributed by atoms with Gasteiger partial charge in [0.25, 0.3) is 5.69 Å². The van der Waals surface area contributed by atoms with E-state index in [1.54, 1.807) is 13.8 Å². The number of nitro benzene ring substituents is 1. The number of rotatable bonds is 4. The van der Waals surface area contributed by atoms with Gasteiger partial charge in [-0.05, 0) is 26.0 Å². The lowest BCUT2D eigenvalue weighted by molar-refractivity contribution is -0.384. The minimum atomic E-state index is -0.715. The molecule has 1 heterocycles. The van der Waals surface area contributed by atoms with E-state index in [0.717, 1.165) is 4.68 Å². The number of halogens is 1. The van der Waals surface area contributed by atoms with E-state index in [1.165, 1.54) is 18.2 Å². The number of nitrogens with zero attached hydrogens (tertiary/aromatic N) is 4. The van der Waals surface area contributed by atoms with Gasteiger partial charge in [-0.3, -0.25) is 10.1 Å². The highest BCUT2D eigenvalue weighted by atomic mass is 35.5. The number of benzene rings is 1. The molecular formula is C12H11ClN4O4. The van der Waals surface area contributed by atoms with Crippen molar-refractivity contribution in [2.24, 2.45) is 0 Å². The predicted octanol–water partition coefficient (Wildman–Crippen LogP) is 2.31. The first-order valence-corrected chi connectivity index (χ1v) is 6.37. The van der Waals surface area contributed by atoms with E-state index in [-0.39, 0.29) is 34.7 Å². The average molecular weight is 311 g/mol. The SMILES string of the molecule is CCOC(=O)c1nc(C)nn1-c1cc(Cl)ccc1[N+](=O)[O-]. The quantitative estimate of drug-likeness (QED) is 0.488. The number of nitro groups is 1. The molecule has 0 unspecified atom stereocenters. The van der Waals surface area contributed by atoms with Gasteiger partial charge in [0.15, 0.2) is 0 Å². The third-order valence-electron chi connectivity index (χ3n) is 2.53. The predicted molar refractivity (Wildman–Crippen MR) is 73.7 cm³/mol. The molecule has 0 saturated heterocycles. The number of aryl methyl sites for hydroxylation is 1. The molecule has 0 saturated carbocycles. The summed E-state index contributed by atoms with van der Waals surface area (Å²) in [6.45, 7) is 3.37. The number of carbonyl (C=O) groups excluding carboxylic acids is 1. The molecule has 0 aliphatic rings. The Hall–Kier alpha value is -2.48. The number of esters is 1. The minimum absolute atomic E-state index is 0.0520. The molecule has 1 aromatic heterocycles. The largest absolute Gasteiger partial charge is 0.460 e. The van der Waals surface area contributed by atoms with Crippen molar-refractivity contribution in [3.8, 4) is 5.69 Å². The molecule has 8 nitrogen and oxygen atoms in total. The van der Waals surface area contributed by atoms with Gasteiger partial charge in [0, 0.05) is 11.1 Å². The molecule has 2 aromatic rings. The molecule has 1 aromatic carbocycles. The number of carbonyl (C=O) groups is 1. The fraction of sp³-hybridized carbons (Fsp3) is 0.250. The average Bonchev–Trinajstić information content (AvgIpc) is 2.80. The Morgan fingerprint density at radius 1 is 1.52 bits per heavy atom. The van der Waals surface area contributed by atoms with Crippen LogP contribution in [0.5, 0.6) is 0 Å². The molecule has 110 valence electrons. The summed E-state index contributed by atoms with van der Waals surface area (Å²) in [6.07, 6.45) is 0. The van der Waals surface area contributed by atoms with E-state index in [2.05, 4.69) is 10.1 Å². The zero-order valence-electron chi connectivity index (χ0n) is 11.2. The zero-order chi connectivity index (χ0) is 15.6. The van der Waals surface area contributed by atoms with Crippen molar-refractivity contribution < 1.29 is 14.5 Å². The summed E-state index contributed by atoms with van der Waals surface area (Å²) in [5.41, 5.74) is -0.189. The number of aromatic nitrogens is 3. The van der Waals surface area contributed by atoms with E-state index in [4.69, 9.17) is 16.3 Å². The van der Waals surface area contributed by atoms with Crippen LogP contribution in [0.3, 0.4) is 0 Å². The summed E-state index contributed by atoms with van der Waals surface area (Å²) >= 11 is 5.87. The zero-order valence-corrected chi connectivity index (χ0v) is 12.0. The van der Waals surface area contributed by atoms with Crippen LogP contribution < -0.4 is 0 Å². The van der Waals surface area contributed by atoms with Crippen molar-refractivity contribution in [3.63, 3.8) is 0 Å². The maximum absolute atomic E-state index is 11.9. The molecule has 0 aliphatic carbocycles. The maximum Gasteiger partial charge on any atom is 0.376 e. The molecule has 0 spiro atoms. The second kappa shape index (κ2) is 5.88. The van der Waals surface area contributed by atoms with Gasteiger partial charge in [0.2, 0.25) is 5.82 Å². The molecule has 2 rings (SSSR count). The van der Waals surface area contributed by atoms with Crippen molar-refractivity contribution in [1.29, 1.82) is 0 Å². The van der Waals surface area contributed by atoms with Gasteiger partial charge in [0.1, 0.15) is 11.5 Å². The van der Waals surface area contributed by atoms with Crippen molar-refractivity contribution >= 4 is 23.3 Å². The van der Waals surface area contributed by atoms with Gasteiger partial charge in [-0.15, -0.1) is 0 Å². The van der Waals surface area contributed by atoms with Gasteiger partial charge >= 0.3 is 5.97 Å². The topological polar surface area (TPSA) is 100 Å². The van der Waals surface area contributed by atoms with Gasteiger partial charge in [-0.25, -0.2) is 9.78 Å². The van der Waals surface area contributed by atoms with E-state index >= 15 is 0 Å². The standard InChI is InChI=1S/C12H11ClN4O4/c1-3-21-12(18)11-14-7(2)15-16(11)10-6-8(13)4-5-9(10)17(19)20/h4-6H,3H2,1-2H3. The Morgan fingerprint density at radius 3 is 2.86 bits per heavy atom. The molecular weight excluding hydrogens is 300 g/mol. The van der Waals surface area contributed by atoms with Crippen LogP contribution in [0.15, 0.2) is 18.2 Å². The van der Waals surface area contributed by atoms with Crippen LogP contribution in [0.2, 0.25) is 5.02 Å². The molecule has 0 bridgehead atoms. The fourth-order valence-electron chi connectivity index (χ4n) is 1.73. The number of hydrogen-bond acceptors (Lipinski definition) is 6. The summed E-state index contributed by atoms with van der Waals surface area (Å²) in [4.78, 5) is 26.3. The summed E-state index contributed by atoms with van der Waals surface area (Å²) in [7, 11) is 0. The smallest absolute Gasteiger partial charge is 0.376 e. The van der Waals surface area contributed by atoms with Crippen LogP contribution in [-0.4, -0.2) is 32.3 Å². The van der Waals surface area contributed by atoms with Crippen molar-refractivity contribution in [2.45, 2.75) is 13.8 Å². The van der Waals surface area contributed by atoms with Crippen molar-refractivity contribution in [3.05, 3.63) is 45.0 Å². The van der Waals surface area contributed by atoms with Gasteiger partial charge in [-0.2, -0.15) is 9.78 Å². The van der Waals surface area contributed by atoms with Crippen LogP contribution in [0.25, 0.3) is 5.69 Å². The van der Waals surface area contributed by atoms with E-state index in [0.29, 0.717) is 0 Å². The molecule has 0 fully saturated rings. The first-order chi connectivity index (χ1) is 9.93. The van der Waals surface area contributed by atoms with Crippen molar-refractivity contribution in [1.82, 2.24) is 14.8 Å². The lowest BCUT2D eigenvalue weighted by Crippen LogP contribution is -2.14. The van der Waals surface area contributed by atoms with Crippen LogP contribution in [0, 0.1) is 17.0 Å². The Balaban J connectivity index is 2.64.